The molecule has 0 radical (unpaired) electrons. The summed E-state index contributed by atoms with van der Waals surface area (Å²) < 4.78 is 50.6. The number of amides is 1. The number of alkyl halides is 3. The number of hydrogen-bond donors (Lipinski definition) is 0. The van der Waals surface area contributed by atoms with Crippen molar-refractivity contribution in [1.29, 1.82) is 0 Å². The molecule has 0 spiro atoms. The zero-order valence-electron chi connectivity index (χ0n) is 16.4. The Balaban J connectivity index is 1.67. The number of nitro groups is 1. The van der Waals surface area contributed by atoms with E-state index in [1.807, 2.05) is 0 Å². The van der Waals surface area contributed by atoms with E-state index in [9.17, 15) is 32.9 Å². The van der Waals surface area contributed by atoms with Crippen molar-refractivity contribution in [3.05, 3.63) is 57.6 Å². The highest BCUT2D eigenvalue weighted by Crippen LogP contribution is 2.40. The van der Waals surface area contributed by atoms with Gasteiger partial charge in [-0.25, -0.2) is 0 Å². The van der Waals surface area contributed by atoms with Crippen LogP contribution < -0.4 is 14.4 Å². The van der Waals surface area contributed by atoms with Gasteiger partial charge < -0.3 is 9.47 Å². The molecule has 0 aliphatic carbocycles. The molecular weight excluding hydrogens is 435 g/mol. The van der Waals surface area contributed by atoms with Crippen LogP contribution in [0.3, 0.4) is 0 Å². The molecule has 0 saturated carbocycles. The lowest BCUT2D eigenvalue weighted by Crippen LogP contribution is -2.44. The number of nitrogens with zero attached hydrogens (tertiary/aromatic N) is 3. The Morgan fingerprint density at radius 1 is 1.09 bits per heavy atom. The van der Waals surface area contributed by atoms with Crippen LogP contribution in [0, 0.1) is 10.1 Å². The van der Waals surface area contributed by atoms with Gasteiger partial charge in [0.25, 0.3) is 11.5 Å². The fraction of sp³-hybridized carbons (Fsp3) is 0.300. The third kappa shape index (κ3) is 4.21. The number of fused-ring (bicyclic) bond motifs is 2. The third-order valence-corrected chi connectivity index (χ3v) is 4.96. The highest BCUT2D eigenvalue weighted by molar-refractivity contribution is 6.52. The van der Waals surface area contributed by atoms with Crippen LogP contribution in [0.4, 0.5) is 24.5 Å². The molecule has 0 fully saturated rings. The summed E-state index contributed by atoms with van der Waals surface area (Å²) in [4.78, 5) is 37.3. The lowest BCUT2D eigenvalue weighted by atomic mass is 10.1. The van der Waals surface area contributed by atoms with Crippen LogP contribution in [0.1, 0.15) is 15.9 Å². The first-order chi connectivity index (χ1) is 15.1. The maximum atomic E-state index is 13.3. The average molecular weight is 451 g/mol. The Morgan fingerprint density at radius 2 is 1.75 bits per heavy atom. The van der Waals surface area contributed by atoms with Crippen LogP contribution in [0.25, 0.3) is 0 Å². The minimum Gasteiger partial charge on any atom is -0.486 e. The molecule has 32 heavy (non-hydrogen) atoms. The Hall–Kier alpha value is -3.67. The topological polar surface area (TPSA) is 102 Å². The number of rotatable bonds is 6. The molecule has 0 saturated heterocycles. The van der Waals surface area contributed by atoms with Crippen LogP contribution in [0.2, 0.25) is 0 Å². The molecule has 2 aliphatic heterocycles. The van der Waals surface area contributed by atoms with Gasteiger partial charge in [0.1, 0.15) is 13.2 Å². The zero-order chi connectivity index (χ0) is 23.0. The lowest BCUT2D eigenvalue weighted by Gasteiger charge is -2.29. The van der Waals surface area contributed by atoms with Gasteiger partial charge in [0.15, 0.2) is 11.5 Å². The average Bonchev–Trinajstić information content (AvgIpc) is 2.95. The van der Waals surface area contributed by atoms with E-state index in [-0.39, 0.29) is 47.2 Å². The van der Waals surface area contributed by atoms with Gasteiger partial charge in [-0.2, -0.15) is 13.2 Å². The Kier molecular flexibility index (Phi) is 5.46. The van der Waals surface area contributed by atoms with Gasteiger partial charge in [0, 0.05) is 24.2 Å². The standard InChI is InChI=1S/C20H16F3N3O6/c21-20(22,23)10-24(9-12-3-1-2-4-14(12)26(29)30)11-25-15-8-17-16(31-5-6-32-17)7-13(15)18(27)19(25)28/h1-4,7-8H,5-6,9-11H2. The number of nitro benzene ring substituents is 1. The van der Waals surface area contributed by atoms with Gasteiger partial charge >= 0.3 is 12.1 Å². The summed E-state index contributed by atoms with van der Waals surface area (Å²) >= 11 is 0. The summed E-state index contributed by atoms with van der Waals surface area (Å²) in [5.41, 5.74) is -0.207. The number of anilines is 1. The van der Waals surface area contributed by atoms with E-state index < -0.39 is 42.5 Å². The van der Waals surface area contributed by atoms with Crippen molar-refractivity contribution in [2.45, 2.75) is 12.7 Å². The van der Waals surface area contributed by atoms with Gasteiger partial charge in [-0.1, -0.05) is 18.2 Å². The molecule has 1 amide bonds. The van der Waals surface area contributed by atoms with E-state index in [2.05, 4.69) is 0 Å². The number of hydrogen-bond acceptors (Lipinski definition) is 7. The van der Waals surface area contributed by atoms with Gasteiger partial charge in [-0.05, 0) is 6.07 Å². The highest BCUT2D eigenvalue weighted by Gasteiger charge is 2.40. The third-order valence-electron chi connectivity index (χ3n) is 4.96. The van der Waals surface area contributed by atoms with E-state index >= 15 is 0 Å². The van der Waals surface area contributed by atoms with Crippen molar-refractivity contribution in [3.8, 4) is 11.5 Å². The molecule has 0 bridgehead atoms. The van der Waals surface area contributed by atoms with Crippen molar-refractivity contribution >= 4 is 23.1 Å². The van der Waals surface area contributed by atoms with E-state index in [1.54, 1.807) is 0 Å². The van der Waals surface area contributed by atoms with Gasteiger partial charge in [0.2, 0.25) is 0 Å². The summed E-state index contributed by atoms with van der Waals surface area (Å²) in [6.07, 6.45) is -4.65. The quantitative estimate of drug-likeness (QED) is 0.378. The molecule has 4 rings (SSSR count). The van der Waals surface area contributed by atoms with Crippen molar-refractivity contribution in [1.82, 2.24) is 4.90 Å². The summed E-state index contributed by atoms with van der Waals surface area (Å²) in [6, 6.07) is 8.11. The number of benzene rings is 2. The monoisotopic (exact) mass is 451 g/mol. The van der Waals surface area contributed by atoms with E-state index in [0.29, 0.717) is 0 Å². The summed E-state index contributed by atoms with van der Waals surface area (Å²) in [5.74, 6) is -1.35. The van der Waals surface area contributed by atoms with Crippen molar-refractivity contribution < 1.29 is 37.2 Å². The molecule has 2 aromatic carbocycles. The van der Waals surface area contributed by atoms with Gasteiger partial charge in [0.05, 0.1) is 29.4 Å². The summed E-state index contributed by atoms with van der Waals surface area (Å²) in [6.45, 7) is -2.02. The zero-order valence-corrected chi connectivity index (χ0v) is 16.4. The molecule has 2 heterocycles. The molecule has 2 aromatic rings. The van der Waals surface area contributed by atoms with Crippen LogP contribution in [0.15, 0.2) is 36.4 Å². The predicted molar refractivity (Wildman–Crippen MR) is 104 cm³/mol. The van der Waals surface area contributed by atoms with Crippen LogP contribution in [0.5, 0.6) is 11.5 Å². The minimum atomic E-state index is -4.65. The van der Waals surface area contributed by atoms with Crippen LogP contribution >= 0.6 is 0 Å². The fourth-order valence-electron chi connectivity index (χ4n) is 3.64. The van der Waals surface area contributed by atoms with Crippen LogP contribution in [-0.2, 0) is 11.3 Å². The van der Waals surface area contributed by atoms with Crippen molar-refractivity contribution in [3.63, 3.8) is 0 Å². The number of ether oxygens (including phenoxy) is 2. The molecule has 2 aliphatic rings. The maximum absolute atomic E-state index is 13.3. The van der Waals surface area contributed by atoms with Gasteiger partial charge in [-0.3, -0.25) is 29.5 Å². The highest BCUT2D eigenvalue weighted by atomic mass is 19.4. The normalized spacial score (nSPS) is 15.3. The number of Topliss-reactive ketones (excluding diaryl/α,β-unsaturated/α-hetero) is 1. The maximum Gasteiger partial charge on any atom is 0.401 e. The second-order valence-corrected chi connectivity index (χ2v) is 7.20. The summed E-state index contributed by atoms with van der Waals surface area (Å²) in [5, 5.41) is 11.3. The SMILES string of the molecule is O=C1C(=O)N(CN(Cc2ccccc2[N+](=O)[O-])CC(F)(F)F)c2cc3c(cc21)OCCO3. The first kappa shape index (κ1) is 21.6. The molecule has 168 valence electrons. The molecule has 0 N–H and O–H groups in total. The number of carbonyl (C=O) groups excluding carboxylic acids is 2. The molecule has 0 unspecified atom stereocenters. The smallest absolute Gasteiger partial charge is 0.401 e. The molecule has 9 nitrogen and oxygen atoms in total. The Labute approximate surface area is 179 Å². The first-order valence-electron chi connectivity index (χ1n) is 9.45. The number of carbonyl (C=O) groups is 2. The number of para-hydroxylation sites is 1. The minimum absolute atomic E-state index is 0.00287. The molecular formula is C20H16F3N3O6. The number of halogens is 3. The fourth-order valence-corrected chi connectivity index (χ4v) is 3.64. The molecule has 12 heteroatoms. The summed E-state index contributed by atoms with van der Waals surface area (Å²) in [7, 11) is 0. The molecule has 0 atom stereocenters. The van der Waals surface area contributed by atoms with E-state index in [1.165, 1.54) is 36.4 Å². The molecule has 0 aromatic heterocycles. The van der Waals surface area contributed by atoms with Crippen molar-refractivity contribution in [2.24, 2.45) is 0 Å². The predicted octanol–water partition coefficient (Wildman–Crippen LogP) is 2.92. The second kappa shape index (κ2) is 8.11. The van der Waals surface area contributed by atoms with E-state index in [4.69, 9.17) is 9.47 Å². The number of ketones is 1. The van der Waals surface area contributed by atoms with Gasteiger partial charge in [-0.15, -0.1) is 0 Å². The lowest BCUT2D eigenvalue weighted by molar-refractivity contribution is -0.385. The first-order valence-corrected chi connectivity index (χ1v) is 9.45. The van der Waals surface area contributed by atoms with Crippen molar-refractivity contribution in [2.75, 3.05) is 31.3 Å². The van der Waals surface area contributed by atoms with Crippen LogP contribution in [-0.4, -0.2) is 54.1 Å². The Bertz CT molecular complexity index is 1100. The second-order valence-electron chi connectivity index (χ2n) is 7.20. The van der Waals surface area contributed by atoms with E-state index in [0.717, 1.165) is 9.80 Å². The Morgan fingerprint density at radius 3 is 2.41 bits per heavy atom. The largest absolute Gasteiger partial charge is 0.486 e.